The van der Waals surface area contributed by atoms with Crippen LogP contribution >= 0.6 is 0 Å². The van der Waals surface area contributed by atoms with E-state index in [4.69, 9.17) is 4.74 Å². The molecule has 0 N–H and O–H groups in total. The number of fused-ring (bicyclic) bond motifs is 1. The number of hydrogen-bond donors (Lipinski definition) is 0. The zero-order valence-corrected chi connectivity index (χ0v) is 14.3. The number of carbonyl (C=O) groups excluding carboxylic acids is 2. The van der Waals surface area contributed by atoms with Crippen molar-refractivity contribution in [2.75, 3.05) is 13.2 Å². The lowest BCUT2D eigenvalue weighted by molar-refractivity contribution is -0.144. The molecule has 0 unspecified atom stereocenters. The average molecular weight is 317 g/mol. The third-order valence-electron chi connectivity index (χ3n) is 3.59. The standard InChI is InChI=1S/C17H23N3O3/c1-6-23-14(21)11-20(17(2,3)4)16(22)15-12-9-7-8-10-13(12)18-19(15)5/h7-10H,6,11H2,1-5H3. The summed E-state index contributed by atoms with van der Waals surface area (Å²) in [7, 11) is 1.73. The molecule has 1 aromatic carbocycles. The van der Waals surface area contributed by atoms with Gasteiger partial charge in [0, 0.05) is 18.0 Å². The van der Waals surface area contributed by atoms with Gasteiger partial charge in [0.05, 0.1) is 12.1 Å². The first kappa shape index (κ1) is 17.0. The average Bonchev–Trinajstić information content (AvgIpc) is 2.79. The van der Waals surface area contributed by atoms with Gasteiger partial charge < -0.3 is 9.64 Å². The van der Waals surface area contributed by atoms with Gasteiger partial charge in [-0.25, -0.2) is 0 Å². The molecule has 2 aromatic rings. The van der Waals surface area contributed by atoms with Crippen molar-refractivity contribution in [3.05, 3.63) is 30.0 Å². The first-order valence-electron chi connectivity index (χ1n) is 7.65. The van der Waals surface area contributed by atoms with E-state index in [1.165, 1.54) is 4.90 Å². The molecule has 1 heterocycles. The van der Waals surface area contributed by atoms with E-state index < -0.39 is 11.5 Å². The molecule has 0 aliphatic carbocycles. The lowest BCUT2D eigenvalue weighted by Crippen LogP contribution is -2.49. The predicted octanol–water partition coefficient (Wildman–Crippen LogP) is 2.38. The van der Waals surface area contributed by atoms with Crippen molar-refractivity contribution in [3.63, 3.8) is 0 Å². The van der Waals surface area contributed by atoms with E-state index in [0.717, 1.165) is 10.9 Å². The molecule has 0 saturated heterocycles. The lowest BCUT2D eigenvalue weighted by atomic mass is 10.0. The number of carbonyl (C=O) groups is 2. The molecular weight excluding hydrogens is 294 g/mol. The summed E-state index contributed by atoms with van der Waals surface area (Å²) in [4.78, 5) is 26.5. The van der Waals surface area contributed by atoms with Crippen molar-refractivity contribution in [2.45, 2.75) is 33.2 Å². The Kier molecular flexibility index (Phi) is 4.73. The maximum absolute atomic E-state index is 13.1. The maximum atomic E-state index is 13.1. The number of esters is 1. The van der Waals surface area contributed by atoms with E-state index in [-0.39, 0.29) is 12.5 Å². The Hall–Kier alpha value is -2.37. The van der Waals surface area contributed by atoms with Crippen LogP contribution in [0.5, 0.6) is 0 Å². The van der Waals surface area contributed by atoms with Crippen LogP contribution in [0.2, 0.25) is 0 Å². The van der Waals surface area contributed by atoms with E-state index in [1.807, 2.05) is 45.0 Å². The molecule has 0 radical (unpaired) electrons. The lowest BCUT2D eigenvalue weighted by Gasteiger charge is -2.34. The summed E-state index contributed by atoms with van der Waals surface area (Å²) in [5.74, 6) is -0.649. The van der Waals surface area contributed by atoms with Crippen LogP contribution in [-0.2, 0) is 16.6 Å². The fraction of sp³-hybridized carbons (Fsp3) is 0.471. The second-order valence-corrected chi connectivity index (χ2v) is 6.36. The van der Waals surface area contributed by atoms with Crippen LogP contribution < -0.4 is 0 Å². The minimum absolute atomic E-state index is 0.0876. The van der Waals surface area contributed by atoms with E-state index >= 15 is 0 Å². The molecule has 0 aliphatic rings. The Labute approximate surface area is 136 Å². The number of amides is 1. The monoisotopic (exact) mass is 317 g/mol. The Morgan fingerprint density at radius 3 is 2.52 bits per heavy atom. The van der Waals surface area contributed by atoms with Gasteiger partial charge in [-0.15, -0.1) is 0 Å². The molecule has 0 fully saturated rings. The smallest absolute Gasteiger partial charge is 0.325 e. The molecule has 1 amide bonds. The number of hydrogen-bond acceptors (Lipinski definition) is 4. The van der Waals surface area contributed by atoms with Crippen LogP contribution in [0.1, 0.15) is 38.2 Å². The summed E-state index contributed by atoms with van der Waals surface area (Å²) >= 11 is 0. The number of aromatic nitrogens is 2. The van der Waals surface area contributed by atoms with Gasteiger partial charge in [0.2, 0.25) is 0 Å². The van der Waals surface area contributed by atoms with Gasteiger partial charge in [-0.1, -0.05) is 18.2 Å². The van der Waals surface area contributed by atoms with E-state index in [2.05, 4.69) is 5.10 Å². The van der Waals surface area contributed by atoms with Gasteiger partial charge in [0.25, 0.3) is 5.91 Å². The van der Waals surface area contributed by atoms with Crippen LogP contribution in [0.3, 0.4) is 0 Å². The minimum Gasteiger partial charge on any atom is -0.465 e. The van der Waals surface area contributed by atoms with Gasteiger partial charge in [-0.2, -0.15) is 5.10 Å². The van der Waals surface area contributed by atoms with E-state index in [0.29, 0.717) is 12.3 Å². The highest BCUT2D eigenvalue weighted by Gasteiger charge is 2.32. The Morgan fingerprint density at radius 2 is 1.91 bits per heavy atom. The molecule has 2 rings (SSSR count). The molecule has 124 valence electrons. The topological polar surface area (TPSA) is 64.4 Å². The summed E-state index contributed by atoms with van der Waals surface area (Å²) < 4.78 is 6.56. The van der Waals surface area contributed by atoms with Crippen LogP contribution in [-0.4, -0.2) is 45.2 Å². The fourth-order valence-corrected chi connectivity index (χ4v) is 2.48. The SMILES string of the molecule is CCOC(=O)CN(C(=O)c1c2ccccc2nn1C)C(C)(C)C. The van der Waals surface area contributed by atoms with Crippen molar-refractivity contribution in [1.82, 2.24) is 14.7 Å². The first-order valence-corrected chi connectivity index (χ1v) is 7.65. The molecule has 0 atom stereocenters. The van der Waals surface area contributed by atoms with Gasteiger partial charge >= 0.3 is 5.97 Å². The van der Waals surface area contributed by atoms with Crippen LogP contribution in [0.25, 0.3) is 10.9 Å². The predicted molar refractivity (Wildman–Crippen MR) is 88.1 cm³/mol. The zero-order chi connectivity index (χ0) is 17.2. The summed E-state index contributed by atoms with van der Waals surface area (Å²) in [5.41, 5.74) is 0.707. The third-order valence-corrected chi connectivity index (χ3v) is 3.59. The van der Waals surface area contributed by atoms with Gasteiger partial charge in [0.15, 0.2) is 0 Å². The Morgan fingerprint density at radius 1 is 1.26 bits per heavy atom. The number of rotatable bonds is 4. The Balaban J connectivity index is 2.44. The summed E-state index contributed by atoms with van der Waals surface area (Å²) in [6, 6.07) is 7.47. The summed E-state index contributed by atoms with van der Waals surface area (Å²) in [6.07, 6.45) is 0. The van der Waals surface area contributed by atoms with Crippen molar-refractivity contribution >= 4 is 22.8 Å². The number of ether oxygens (including phenoxy) is 1. The van der Waals surface area contributed by atoms with E-state index in [1.54, 1.807) is 18.7 Å². The number of aryl methyl sites for hydroxylation is 1. The van der Waals surface area contributed by atoms with Gasteiger partial charge in [-0.3, -0.25) is 14.3 Å². The quantitative estimate of drug-likeness (QED) is 0.812. The largest absolute Gasteiger partial charge is 0.465 e. The molecule has 23 heavy (non-hydrogen) atoms. The van der Waals surface area contributed by atoms with Crippen LogP contribution in [0.4, 0.5) is 0 Å². The molecule has 6 heteroatoms. The Bertz CT molecular complexity index is 728. The summed E-state index contributed by atoms with van der Waals surface area (Å²) in [5, 5.41) is 5.14. The van der Waals surface area contributed by atoms with Crippen molar-refractivity contribution in [2.24, 2.45) is 7.05 Å². The summed E-state index contributed by atoms with van der Waals surface area (Å²) in [6.45, 7) is 7.62. The third kappa shape index (κ3) is 3.52. The highest BCUT2D eigenvalue weighted by Crippen LogP contribution is 2.23. The molecule has 6 nitrogen and oxygen atoms in total. The van der Waals surface area contributed by atoms with Gasteiger partial charge in [-0.05, 0) is 33.8 Å². The molecule has 0 saturated carbocycles. The molecule has 0 aliphatic heterocycles. The van der Waals surface area contributed by atoms with Crippen molar-refractivity contribution < 1.29 is 14.3 Å². The van der Waals surface area contributed by atoms with E-state index in [9.17, 15) is 9.59 Å². The van der Waals surface area contributed by atoms with Gasteiger partial charge in [0.1, 0.15) is 12.2 Å². The number of benzene rings is 1. The molecule has 1 aromatic heterocycles. The van der Waals surface area contributed by atoms with Crippen LogP contribution in [0, 0.1) is 0 Å². The van der Waals surface area contributed by atoms with Crippen LogP contribution in [0.15, 0.2) is 24.3 Å². The maximum Gasteiger partial charge on any atom is 0.325 e. The fourth-order valence-electron chi connectivity index (χ4n) is 2.48. The van der Waals surface area contributed by atoms with Crippen molar-refractivity contribution in [3.8, 4) is 0 Å². The normalized spacial score (nSPS) is 11.5. The highest BCUT2D eigenvalue weighted by atomic mass is 16.5. The number of nitrogens with zero attached hydrogens (tertiary/aromatic N) is 3. The molecular formula is C17H23N3O3. The molecule has 0 spiro atoms. The molecule has 0 bridgehead atoms. The zero-order valence-electron chi connectivity index (χ0n) is 14.3. The highest BCUT2D eigenvalue weighted by molar-refractivity contribution is 6.06. The van der Waals surface area contributed by atoms with Crippen molar-refractivity contribution in [1.29, 1.82) is 0 Å². The minimum atomic E-state index is -0.519. The second-order valence-electron chi connectivity index (χ2n) is 6.36. The first-order chi connectivity index (χ1) is 10.8. The second kappa shape index (κ2) is 6.40.